The van der Waals surface area contributed by atoms with Crippen molar-refractivity contribution in [1.29, 1.82) is 0 Å². The third-order valence-corrected chi connectivity index (χ3v) is 6.99. The first-order valence-corrected chi connectivity index (χ1v) is 11.3. The normalized spacial score (nSPS) is 12.1. The fourth-order valence-corrected chi connectivity index (χ4v) is 4.51. The van der Waals surface area contributed by atoms with E-state index in [-0.39, 0.29) is 16.8 Å². The molecule has 31 heavy (non-hydrogen) atoms. The lowest BCUT2D eigenvalue weighted by atomic mass is 10.0. The Morgan fingerprint density at radius 1 is 1.00 bits per heavy atom. The molecule has 0 saturated carbocycles. The summed E-state index contributed by atoms with van der Waals surface area (Å²) < 4.78 is 32.2. The first-order valence-electron chi connectivity index (χ1n) is 9.83. The van der Waals surface area contributed by atoms with Gasteiger partial charge in [0.1, 0.15) is 5.75 Å². The van der Waals surface area contributed by atoms with Crippen LogP contribution in [0.2, 0.25) is 0 Å². The Kier molecular flexibility index (Phi) is 6.65. The molecular weight excluding hydrogens is 412 g/mol. The number of sulfonamides is 1. The molecule has 0 unspecified atom stereocenters. The Balaban J connectivity index is 1.81. The topological polar surface area (TPSA) is 75.7 Å². The summed E-state index contributed by atoms with van der Waals surface area (Å²) >= 11 is 0. The monoisotopic (exact) mass is 438 g/mol. The van der Waals surface area contributed by atoms with Gasteiger partial charge in [-0.05, 0) is 67.4 Å². The molecule has 3 aromatic carbocycles. The molecule has 1 atom stereocenters. The van der Waals surface area contributed by atoms with Crippen LogP contribution in [-0.4, -0.2) is 28.5 Å². The molecular formula is C24H26N2O4S. The van der Waals surface area contributed by atoms with Crippen LogP contribution in [0.1, 0.15) is 34.5 Å². The molecule has 0 aromatic heterocycles. The number of carbonyl (C=O) groups excluding carboxylic acids is 1. The average molecular weight is 439 g/mol. The minimum atomic E-state index is -3.79. The van der Waals surface area contributed by atoms with Gasteiger partial charge in [0, 0.05) is 12.6 Å². The minimum Gasteiger partial charge on any atom is -0.497 e. The summed E-state index contributed by atoms with van der Waals surface area (Å²) in [6.45, 7) is 3.92. The van der Waals surface area contributed by atoms with Crippen molar-refractivity contribution in [2.75, 3.05) is 18.5 Å². The highest BCUT2D eigenvalue weighted by molar-refractivity contribution is 7.92. The average Bonchev–Trinajstić information content (AvgIpc) is 2.78. The molecule has 0 heterocycles. The minimum absolute atomic E-state index is 0.138. The molecule has 0 radical (unpaired) electrons. The highest BCUT2D eigenvalue weighted by Gasteiger charge is 2.22. The van der Waals surface area contributed by atoms with Crippen LogP contribution in [0.25, 0.3) is 0 Å². The van der Waals surface area contributed by atoms with Crippen molar-refractivity contribution in [3.05, 3.63) is 89.5 Å². The largest absolute Gasteiger partial charge is 0.497 e. The number of nitrogens with one attached hydrogen (secondary N) is 1. The van der Waals surface area contributed by atoms with Crippen LogP contribution >= 0.6 is 0 Å². The third-order valence-electron chi connectivity index (χ3n) is 5.19. The van der Waals surface area contributed by atoms with Gasteiger partial charge < -0.3 is 10.1 Å². The van der Waals surface area contributed by atoms with E-state index in [1.54, 1.807) is 36.4 Å². The van der Waals surface area contributed by atoms with Gasteiger partial charge in [0.15, 0.2) is 0 Å². The first kappa shape index (κ1) is 22.4. The number of anilines is 1. The summed E-state index contributed by atoms with van der Waals surface area (Å²) in [6.07, 6.45) is 0. The van der Waals surface area contributed by atoms with Crippen LogP contribution in [0.4, 0.5) is 5.69 Å². The smallest absolute Gasteiger partial charge is 0.264 e. The second kappa shape index (κ2) is 9.22. The van der Waals surface area contributed by atoms with Crippen molar-refractivity contribution in [2.24, 2.45) is 0 Å². The van der Waals surface area contributed by atoms with Gasteiger partial charge in [0.05, 0.1) is 23.7 Å². The van der Waals surface area contributed by atoms with Gasteiger partial charge in [-0.3, -0.25) is 9.10 Å². The summed E-state index contributed by atoms with van der Waals surface area (Å²) in [6, 6.07) is 20.4. The lowest BCUT2D eigenvalue weighted by Gasteiger charge is -2.21. The lowest BCUT2D eigenvalue weighted by molar-refractivity contribution is 0.0940. The predicted molar refractivity (Wildman–Crippen MR) is 122 cm³/mol. The molecule has 162 valence electrons. The van der Waals surface area contributed by atoms with E-state index in [1.165, 1.54) is 26.3 Å². The molecule has 0 aliphatic heterocycles. The van der Waals surface area contributed by atoms with E-state index in [1.807, 2.05) is 38.1 Å². The van der Waals surface area contributed by atoms with E-state index in [9.17, 15) is 13.2 Å². The van der Waals surface area contributed by atoms with Crippen molar-refractivity contribution in [3.63, 3.8) is 0 Å². The standard InChI is InChI=1S/C24H26N2O4S/c1-17-8-5-6-11-23(17)18(2)25-24(27)19-9-7-10-20(16-19)26(3)31(28,29)22-14-12-21(30-4)13-15-22/h5-16,18H,1-4H3,(H,25,27)/t18-/m1/s1. The van der Waals surface area contributed by atoms with Crippen molar-refractivity contribution >= 4 is 21.6 Å². The van der Waals surface area contributed by atoms with Crippen LogP contribution in [0.3, 0.4) is 0 Å². The zero-order chi connectivity index (χ0) is 22.6. The number of benzene rings is 3. The van der Waals surface area contributed by atoms with Gasteiger partial charge in [-0.15, -0.1) is 0 Å². The maximum atomic E-state index is 13.0. The van der Waals surface area contributed by atoms with E-state index < -0.39 is 10.0 Å². The van der Waals surface area contributed by atoms with Crippen LogP contribution in [-0.2, 0) is 10.0 Å². The molecule has 0 aliphatic rings. The van der Waals surface area contributed by atoms with Gasteiger partial charge in [-0.2, -0.15) is 0 Å². The maximum absolute atomic E-state index is 13.0. The highest BCUT2D eigenvalue weighted by atomic mass is 32.2. The number of nitrogens with zero attached hydrogens (tertiary/aromatic N) is 1. The molecule has 0 fully saturated rings. The second-order valence-electron chi connectivity index (χ2n) is 7.25. The number of aryl methyl sites for hydroxylation is 1. The summed E-state index contributed by atoms with van der Waals surface area (Å²) in [7, 11) is -0.800. The van der Waals surface area contributed by atoms with Gasteiger partial charge in [0.25, 0.3) is 15.9 Å². The molecule has 0 saturated heterocycles. The van der Waals surface area contributed by atoms with Gasteiger partial charge >= 0.3 is 0 Å². The molecule has 6 nitrogen and oxygen atoms in total. The fraction of sp³-hybridized carbons (Fsp3) is 0.208. The number of ether oxygens (including phenoxy) is 1. The Hall–Kier alpha value is -3.32. The first-order chi connectivity index (χ1) is 14.7. The summed E-state index contributed by atoms with van der Waals surface area (Å²) in [5.74, 6) is 0.302. The number of methoxy groups -OCH3 is 1. The fourth-order valence-electron chi connectivity index (χ4n) is 3.32. The molecule has 0 bridgehead atoms. The second-order valence-corrected chi connectivity index (χ2v) is 9.22. The Bertz CT molecular complexity index is 1170. The number of hydrogen-bond acceptors (Lipinski definition) is 4. The quantitative estimate of drug-likeness (QED) is 0.596. The van der Waals surface area contributed by atoms with Gasteiger partial charge in [-0.25, -0.2) is 8.42 Å². The highest BCUT2D eigenvalue weighted by Crippen LogP contribution is 2.25. The Morgan fingerprint density at radius 2 is 1.68 bits per heavy atom. The van der Waals surface area contributed by atoms with Crippen LogP contribution < -0.4 is 14.4 Å². The molecule has 0 aliphatic carbocycles. The molecule has 7 heteroatoms. The van der Waals surface area contributed by atoms with Crippen LogP contribution in [0, 0.1) is 6.92 Å². The zero-order valence-corrected chi connectivity index (χ0v) is 18.8. The molecule has 3 aromatic rings. The maximum Gasteiger partial charge on any atom is 0.264 e. The van der Waals surface area contributed by atoms with Crippen molar-refractivity contribution in [1.82, 2.24) is 5.32 Å². The van der Waals surface area contributed by atoms with E-state index in [2.05, 4.69) is 5.32 Å². The number of rotatable bonds is 7. The summed E-state index contributed by atoms with van der Waals surface area (Å²) in [4.78, 5) is 12.9. The molecule has 0 spiro atoms. The Morgan fingerprint density at radius 3 is 2.32 bits per heavy atom. The van der Waals surface area contributed by atoms with E-state index in [0.29, 0.717) is 17.0 Å². The molecule has 3 rings (SSSR count). The van der Waals surface area contributed by atoms with E-state index in [0.717, 1.165) is 15.4 Å². The number of amides is 1. The van der Waals surface area contributed by atoms with E-state index >= 15 is 0 Å². The molecule has 1 amide bonds. The Labute approximate surface area is 183 Å². The van der Waals surface area contributed by atoms with Crippen LogP contribution in [0.5, 0.6) is 5.75 Å². The summed E-state index contributed by atoms with van der Waals surface area (Å²) in [5, 5.41) is 2.98. The predicted octanol–water partition coefficient (Wildman–Crippen LogP) is 4.32. The van der Waals surface area contributed by atoms with Gasteiger partial charge in [-0.1, -0.05) is 30.3 Å². The number of carbonyl (C=O) groups is 1. The van der Waals surface area contributed by atoms with Crippen LogP contribution in [0.15, 0.2) is 77.7 Å². The molecule has 1 N–H and O–H groups in total. The van der Waals surface area contributed by atoms with Crippen molar-refractivity contribution < 1.29 is 17.9 Å². The lowest BCUT2D eigenvalue weighted by Crippen LogP contribution is -2.29. The SMILES string of the molecule is COc1ccc(S(=O)(=O)N(C)c2cccc(C(=O)N[C@H](C)c3ccccc3C)c2)cc1. The van der Waals surface area contributed by atoms with Crippen molar-refractivity contribution in [3.8, 4) is 5.75 Å². The van der Waals surface area contributed by atoms with Gasteiger partial charge in [0.2, 0.25) is 0 Å². The van der Waals surface area contributed by atoms with E-state index in [4.69, 9.17) is 4.74 Å². The summed E-state index contributed by atoms with van der Waals surface area (Å²) in [5.41, 5.74) is 2.90. The zero-order valence-electron chi connectivity index (χ0n) is 18.0. The van der Waals surface area contributed by atoms with Crippen molar-refractivity contribution in [2.45, 2.75) is 24.8 Å². The third kappa shape index (κ3) is 4.88. The number of hydrogen-bond donors (Lipinski definition) is 1.